The van der Waals surface area contributed by atoms with E-state index in [-0.39, 0.29) is 11.7 Å². The van der Waals surface area contributed by atoms with Crippen LogP contribution in [-0.2, 0) is 16.4 Å². The molecule has 1 saturated heterocycles. The first-order valence-electron chi connectivity index (χ1n) is 5.86. The highest BCUT2D eigenvalue weighted by Crippen LogP contribution is 2.17. The molecule has 1 aromatic rings. The van der Waals surface area contributed by atoms with Crippen molar-refractivity contribution in [3.63, 3.8) is 0 Å². The fourth-order valence-electron chi connectivity index (χ4n) is 2.13. The topological polar surface area (TPSA) is 82.8 Å². The van der Waals surface area contributed by atoms with Crippen LogP contribution in [0.15, 0.2) is 18.3 Å². The predicted octanol–water partition coefficient (Wildman–Crippen LogP) is 0.478. The molecule has 18 heavy (non-hydrogen) atoms. The Bertz CT molecular complexity index is 563. The van der Waals surface area contributed by atoms with Crippen molar-refractivity contribution < 1.29 is 8.42 Å². The molecule has 5 nitrogen and oxygen atoms in total. The van der Waals surface area contributed by atoms with Gasteiger partial charge in [0.25, 0.3) is 0 Å². The van der Waals surface area contributed by atoms with Gasteiger partial charge in [-0.1, -0.05) is 6.07 Å². The molecule has 0 amide bonds. The van der Waals surface area contributed by atoms with Crippen LogP contribution in [0.4, 0.5) is 0 Å². The minimum absolute atomic E-state index is 0.192. The summed E-state index contributed by atoms with van der Waals surface area (Å²) in [5, 5.41) is 12.1. The van der Waals surface area contributed by atoms with Crippen LogP contribution in [-0.4, -0.2) is 31.5 Å². The molecule has 1 fully saturated rings. The maximum Gasteiger partial charge on any atom is 0.150 e. The van der Waals surface area contributed by atoms with Crippen molar-refractivity contribution in [1.29, 1.82) is 5.26 Å². The zero-order valence-electron chi connectivity index (χ0n) is 9.96. The van der Waals surface area contributed by atoms with Gasteiger partial charge in [-0.2, -0.15) is 5.26 Å². The van der Waals surface area contributed by atoms with Crippen LogP contribution < -0.4 is 5.32 Å². The SMILES string of the molecule is N#Cc1ncccc1CNCC1CCS(=O)(=O)C1. The molecule has 0 bridgehead atoms. The van der Waals surface area contributed by atoms with Gasteiger partial charge in [-0.25, -0.2) is 13.4 Å². The number of nitrogens with one attached hydrogen (secondary N) is 1. The molecule has 0 aromatic carbocycles. The molecule has 0 saturated carbocycles. The summed E-state index contributed by atoms with van der Waals surface area (Å²) in [5.74, 6) is 0.769. The average Bonchev–Trinajstić information content (AvgIpc) is 2.69. The van der Waals surface area contributed by atoms with Crippen LogP contribution in [0.3, 0.4) is 0 Å². The van der Waals surface area contributed by atoms with Crippen LogP contribution in [0.2, 0.25) is 0 Å². The number of rotatable bonds is 4. The second-order valence-electron chi connectivity index (χ2n) is 4.52. The summed E-state index contributed by atoms with van der Waals surface area (Å²) in [5.41, 5.74) is 1.27. The third kappa shape index (κ3) is 3.28. The van der Waals surface area contributed by atoms with Crippen LogP contribution >= 0.6 is 0 Å². The van der Waals surface area contributed by atoms with E-state index in [2.05, 4.69) is 10.3 Å². The normalized spacial score (nSPS) is 21.6. The third-order valence-corrected chi connectivity index (χ3v) is 4.91. The Morgan fingerprint density at radius 2 is 2.39 bits per heavy atom. The summed E-state index contributed by atoms with van der Waals surface area (Å²) in [6, 6.07) is 5.68. The highest BCUT2D eigenvalue weighted by Gasteiger charge is 2.27. The summed E-state index contributed by atoms with van der Waals surface area (Å²) in [7, 11) is -2.81. The molecule has 2 heterocycles. The van der Waals surface area contributed by atoms with Crippen molar-refractivity contribution in [3.05, 3.63) is 29.6 Å². The van der Waals surface area contributed by atoms with Gasteiger partial charge < -0.3 is 5.32 Å². The van der Waals surface area contributed by atoms with Crippen molar-refractivity contribution in [2.75, 3.05) is 18.1 Å². The maximum atomic E-state index is 11.3. The van der Waals surface area contributed by atoms with Gasteiger partial charge in [0, 0.05) is 18.3 Å². The minimum atomic E-state index is -2.81. The molecule has 1 aliphatic rings. The second kappa shape index (κ2) is 5.46. The number of nitriles is 1. The molecule has 1 aliphatic heterocycles. The number of nitrogens with zero attached hydrogens (tertiary/aromatic N) is 2. The Balaban J connectivity index is 1.85. The Kier molecular flexibility index (Phi) is 3.94. The highest BCUT2D eigenvalue weighted by molar-refractivity contribution is 7.91. The molecule has 1 unspecified atom stereocenters. The van der Waals surface area contributed by atoms with Gasteiger partial charge in [-0.3, -0.25) is 0 Å². The smallest absolute Gasteiger partial charge is 0.150 e. The number of pyridine rings is 1. The van der Waals surface area contributed by atoms with Gasteiger partial charge in [0.05, 0.1) is 11.5 Å². The van der Waals surface area contributed by atoms with E-state index in [4.69, 9.17) is 5.26 Å². The minimum Gasteiger partial charge on any atom is -0.312 e. The van der Waals surface area contributed by atoms with Gasteiger partial charge in [0.1, 0.15) is 11.8 Å². The average molecular weight is 265 g/mol. The van der Waals surface area contributed by atoms with Crippen molar-refractivity contribution in [1.82, 2.24) is 10.3 Å². The van der Waals surface area contributed by atoms with Gasteiger partial charge in [-0.15, -0.1) is 0 Å². The summed E-state index contributed by atoms with van der Waals surface area (Å²) in [6.45, 7) is 1.21. The summed E-state index contributed by atoms with van der Waals surface area (Å²) < 4.78 is 22.6. The number of hydrogen-bond donors (Lipinski definition) is 1. The molecule has 1 aromatic heterocycles. The van der Waals surface area contributed by atoms with E-state index in [9.17, 15) is 8.42 Å². The molecular formula is C12H15N3O2S. The molecule has 96 valence electrons. The first kappa shape index (κ1) is 13.0. The fourth-order valence-corrected chi connectivity index (χ4v) is 3.99. The van der Waals surface area contributed by atoms with Crippen LogP contribution in [0.25, 0.3) is 0 Å². The molecule has 0 spiro atoms. The number of aromatic nitrogens is 1. The third-order valence-electron chi connectivity index (χ3n) is 3.07. The molecule has 6 heteroatoms. The molecule has 2 rings (SSSR count). The van der Waals surface area contributed by atoms with Crippen LogP contribution in [0.1, 0.15) is 17.7 Å². The van der Waals surface area contributed by atoms with E-state index in [1.807, 2.05) is 12.1 Å². The quantitative estimate of drug-likeness (QED) is 0.856. The predicted molar refractivity (Wildman–Crippen MR) is 67.4 cm³/mol. The van der Waals surface area contributed by atoms with Gasteiger partial charge >= 0.3 is 0 Å². The lowest BCUT2D eigenvalue weighted by atomic mass is 10.1. The van der Waals surface area contributed by atoms with Crippen molar-refractivity contribution >= 4 is 9.84 Å². The Labute approximate surface area is 107 Å². The highest BCUT2D eigenvalue weighted by atomic mass is 32.2. The van der Waals surface area contributed by atoms with E-state index < -0.39 is 9.84 Å². The van der Waals surface area contributed by atoms with Gasteiger partial charge in [-0.05, 0) is 24.9 Å². The van der Waals surface area contributed by atoms with E-state index in [1.165, 1.54) is 0 Å². The molecule has 0 radical (unpaired) electrons. The maximum absolute atomic E-state index is 11.3. The zero-order chi connectivity index (χ0) is 13.0. The van der Waals surface area contributed by atoms with E-state index in [1.54, 1.807) is 12.3 Å². The first-order chi connectivity index (χ1) is 8.61. The molecule has 1 atom stereocenters. The molecule has 1 N–H and O–H groups in total. The van der Waals surface area contributed by atoms with E-state index in [0.717, 1.165) is 12.0 Å². The largest absolute Gasteiger partial charge is 0.312 e. The standard InChI is InChI=1S/C12H15N3O2S/c13-6-12-11(2-1-4-15-12)8-14-7-10-3-5-18(16,17)9-10/h1-2,4,10,14H,3,5,7-9H2. The lowest BCUT2D eigenvalue weighted by molar-refractivity contribution is 0.520. The fraction of sp³-hybridized carbons (Fsp3) is 0.500. The second-order valence-corrected chi connectivity index (χ2v) is 6.75. The Hall–Kier alpha value is -1.45. The van der Waals surface area contributed by atoms with Crippen molar-refractivity contribution in [2.24, 2.45) is 5.92 Å². The van der Waals surface area contributed by atoms with Gasteiger partial charge in [0.2, 0.25) is 0 Å². The summed E-state index contributed by atoms with van der Waals surface area (Å²) >= 11 is 0. The van der Waals surface area contributed by atoms with E-state index >= 15 is 0 Å². The molecular weight excluding hydrogens is 250 g/mol. The Morgan fingerprint density at radius 3 is 3.06 bits per heavy atom. The Morgan fingerprint density at radius 1 is 1.56 bits per heavy atom. The zero-order valence-corrected chi connectivity index (χ0v) is 10.8. The number of sulfone groups is 1. The summed E-state index contributed by atoms with van der Waals surface area (Å²) in [4.78, 5) is 3.97. The number of hydrogen-bond acceptors (Lipinski definition) is 5. The lowest BCUT2D eigenvalue weighted by Crippen LogP contribution is -2.23. The lowest BCUT2D eigenvalue weighted by Gasteiger charge is -2.09. The summed E-state index contributed by atoms with van der Waals surface area (Å²) in [6.07, 6.45) is 2.32. The van der Waals surface area contributed by atoms with E-state index in [0.29, 0.717) is 24.5 Å². The molecule has 0 aliphatic carbocycles. The monoisotopic (exact) mass is 265 g/mol. The van der Waals surface area contributed by atoms with Crippen LogP contribution in [0, 0.1) is 17.2 Å². The first-order valence-corrected chi connectivity index (χ1v) is 7.68. The van der Waals surface area contributed by atoms with Crippen LogP contribution in [0.5, 0.6) is 0 Å². The van der Waals surface area contributed by atoms with Crippen molar-refractivity contribution in [3.8, 4) is 6.07 Å². The van der Waals surface area contributed by atoms with Gasteiger partial charge in [0.15, 0.2) is 9.84 Å². The van der Waals surface area contributed by atoms with Crippen molar-refractivity contribution in [2.45, 2.75) is 13.0 Å².